The zero-order valence-electron chi connectivity index (χ0n) is 9.86. The summed E-state index contributed by atoms with van der Waals surface area (Å²) in [5, 5.41) is 0. The molecule has 0 bridgehead atoms. The maximum atomic E-state index is 11.4. The smallest absolute Gasteiger partial charge is 0.337 e. The van der Waals surface area contributed by atoms with E-state index in [1.54, 1.807) is 6.07 Å². The number of rotatable bonds is 2. The first-order valence-electron chi connectivity index (χ1n) is 5.42. The number of carbonyl (C=O) groups is 1. The van der Waals surface area contributed by atoms with Crippen molar-refractivity contribution in [3.8, 4) is 0 Å². The Hall–Kier alpha value is -1.35. The molecule has 1 aromatic rings. The van der Waals surface area contributed by atoms with Crippen LogP contribution in [0.4, 0.5) is 0 Å². The minimum absolute atomic E-state index is 0.134. The predicted octanol–water partition coefficient (Wildman–Crippen LogP) is 1.92. The number of ether oxygens (including phenoxy) is 1. The van der Waals surface area contributed by atoms with Crippen LogP contribution >= 0.6 is 0 Å². The van der Waals surface area contributed by atoms with Gasteiger partial charge in [-0.15, -0.1) is 0 Å². The van der Waals surface area contributed by atoms with Gasteiger partial charge in [0.05, 0.1) is 12.7 Å². The van der Waals surface area contributed by atoms with E-state index in [4.69, 9.17) is 10.5 Å². The first-order chi connectivity index (χ1) is 7.48. The number of hydrogen-bond acceptors (Lipinski definition) is 3. The lowest BCUT2D eigenvalue weighted by Crippen LogP contribution is -2.06. The molecule has 2 N–H and O–H groups in total. The van der Waals surface area contributed by atoms with Gasteiger partial charge in [-0.2, -0.15) is 0 Å². The van der Waals surface area contributed by atoms with E-state index >= 15 is 0 Å². The Balaban J connectivity index is 2.28. The Morgan fingerprint density at radius 3 is 2.56 bits per heavy atom. The lowest BCUT2D eigenvalue weighted by atomic mass is 10.0. The van der Waals surface area contributed by atoms with Gasteiger partial charge in [0.2, 0.25) is 0 Å². The van der Waals surface area contributed by atoms with Crippen LogP contribution in [0.15, 0.2) is 24.3 Å². The van der Waals surface area contributed by atoms with Gasteiger partial charge in [-0.3, -0.25) is 0 Å². The molecule has 3 nitrogen and oxygen atoms in total. The highest BCUT2D eigenvalue weighted by Crippen LogP contribution is 2.57. The maximum absolute atomic E-state index is 11.4. The third kappa shape index (κ3) is 1.61. The number of benzene rings is 1. The molecule has 0 radical (unpaired) electrons. The number of nitrogens with two attached hydrogens (primary N) is 1. The van der Waals surface area contributed by atoms with E-state index in [9.17, 15) is 4.79 Å². The summed E-state index contributed by atoms with van der Waals surface area (Å²) in [7, 11) is 1.39. The molecule has 3 heteroatoms. The molecule has 86 valence electrons. The summed E-state index contributed by atoms with van der Waals surface area (Å²) in [6, 6.07) is 7.72. The molecule has 0 amide bonds. The van der Waals surface area contributed by atoms with E-state index in [1.165, 1.54) is 7.11 Å². The van der Waals surface area contributed by atoms with E-state index in [0.29, 0.717) is 11.5 Å². The van der Waals surface area contributed by atoms with Crippen LogP contribution in [0.25, 0.3) is 0 Å². The molecule has 0 heterocycles. The molecule has 16 heavy (non-hydrogen) atoms. The summed E-state index contributed by atoms with van der Waals surface area (Å²) < 4.78 is 4.70. The molecule has 1 saturated carbocycles. The normalized spacial score (nSPS) is 26.2. The SMILES string of the molecule is COC(=O)c1cccc([C@@H]2[C@@H](N)C2(C)C)c1. The third-order valence-electron chi connectivity index (χ3n) is 3.58. The van der Waals surface area contributed by atoms with Crippen molar-refractivity contribution in [1.29, 1.82) is 0 Å². The van der Waals surface area contributed by atoms with Gasteiger partial charge in [0.25, 0.3) is 0 Å². The minimum atomic E-state index is -0.297. The minimum Gasteiger partial charge on any atom is -0.465 e. The maximum Gasteiger partial charge on any atom is 0.337 e. The van der Waals surface area contributed by atoms with Crippen molar-refractivity contribution in [2.45, 2.75) is 25.8 Å². The van der Waals surface area contributed by atoms with E-state index in [0.717, 1.165) is 5.56 Å². The molecular weight excluding hydrogens is 202 g/mol. The summed E-state index contributed by atoms with van der Waals surface area (Å²) >= 11 is 0. The molecule has 0 unspecified atom stereocenters. The molecule has 0 aliphatic heterocycles. The standard InChI is InChI=1S/C13H17NO2/c1-13(2)10(11(13)14)8-5-4-6-9(7-8)12(15)16-3/h4-7,10-11H,14H2,1-3H3/t10-,11-/m1/s1. The number of hydrogen-bond donors (Lipinski definition) is 1. The van der Waals surface area contributed by atoms with Crippen molar-refractivity contribution < 1.29 is 9.53 Å². The van der Waals surface area contributed by atoms with Crippen LogP contribution < -0.4 is 5.73 Å². The average Bonchev–Trinajstić information content (AvgIpc) is 2.77. The van der Waals surface area contributed by atoms with Gasteiger partial charge in [0.15, 0.2) is 0 Å². The third-order valence-corrected chi connectivity index (χ3v) is 3.58. The Labute approximate surface area is 95.6 Å². The highest BCUT2D eigenvalue weighted by molar-refractivity contribution is 5.89. The molecule has 1 aliphatic carbocycles. The second-order valence-electron chi connectivity index (χ2n) is 4.94. The van der Waals surface area contributed by atoms with Crippen LogP contribution in [0.3, 0.4) is 0 Å². The Bertz CT molecular complexity index is 426. The van der Waals surface area contributed by atoms with Crippen LogP contribution in [0, 0.1) is 5.41 Å². The summed E-state index contributed by atoms with van der Waals surface area (Å²) in [4.78, 5) is 11.4. The highest BCUT2D eigenvalue weighted by atomic mass is 16.5. The highest BCUT2D eigenvalue weighted by Gasteiger charge is 2.56. The zero-order chi connectivity index (χ0) is 11.9. The molecule has 2 atom stereocenters. The molecular formula is C13H17NO2. The molecule has 1 fully saturated rings. The van der Waals surface area contributed by atoms with Crippen LogP contribution in [0.1, 0.15) is 35.7 Å². The van der Waals surface area contributed by atoms with Crippen molar-refractivity contribution in [3.05, 3.63) is 35.4 Å². The second-order valence-corrected chi connectivity index (χ2v) is 4.94. The van der Waals surface area contributed by atoms with Crippen molar-refractivity contribution in [2.75, 3.05) is 7.11 Å². The lowest BCUT2D eigenvalue weighted by Gasteiger charge is -2.05. The van der Waals surface area contributed by atoms with Crippen LogP contribution in [-0.2, 0) is 4.74 Å². The van der Waals surface area contributed by atoms with Crippen molar-refractivity contribution in [3.63, 3.8) is 0 Å². The Kier molecular flexibility index (Phi) is 2.50. The van der Waals surface area contributed by atoms with Gasteiger partial charge in [0, 0.05) is 12.0 Å². The first-order valence-corrected chi connectivity index (χ1v) is 5.42. The quantitative estimate of drug-likeness (QED) is 0.773. The first kappa shape index (κ1) is 11.1. The summed E-state index contributed by atoms with van der Waals surface area (Å²) in [6.45, 7) is 4.29. The van der Waals surface area contributed by atoms with Gasteiger partial charge in [-0.1, -0.05) is 26.0 Å². The van der Waals surface area contributed by atoms with E-state index in [2.05, 4.69) is 13.8 Å². The van der Waals surface area contributed by atoms with Gasteiger partial charge >= 0.3 is 5.97 Å². The van der Waals surface area contributed by atoms with E-state index < -0.39 is 0 Å². The molecule has 0 aromatic heterocycles. The second kappa shape index (κ2) is 3.59. The molecule has 1 aliphatic rings. The fourth-order valence-electron chi connectivity index (χ4n) is 2.29. The van der Waals surface area contributed by atoms with E-state index in [1.807, 2.05) is 18.2 Å². The molecule has 0 saturated heterocycles. The summed E-state index contributed by atoms with van der Waals surface area (Å²) in [5.41, 5.74) is 7.87. The largest absolute Gasteiger partial charge is 0.465 e. The van der Waals surface area contributed by atoms with Crippen molar-refractivity contribution >= 4 is 5.97 Å². The molecule has 1 aromatic carbocycles. The van der Waals surface area contributed by atoms with Gasteiger partial charge in [-0.25, -0.2) is 4.79 Å². The molecule has 2 rings (SSSR count). The van der Waals surface area contributed by atoms with Gasteiger partial charge < -0.3 is 10.5 Å². The van der Waals surface area contributed by atoms with Crippen LogP contribution in [-0.4, -0.2) is 19.1 Å². The number of esters is 1. The number of methoxy groups -OCH3 is 1. The van der Waals surface area contributed by atoms with Crippen molar-refractivity contribution in [1.82, 2.24) is 0 Å². The van der Waals surface area contributed by atoms with Crippen LogP contribution in [0.5, 0.6) is 0 Å². The Morgan fingerprint density at radius 1 is 1.44 bits per heavy atom. The number of carbonyl (C=O) groups excluding carboxylic acids is 1. The van der Waals surface area contributed by atoms with E-state index in [-0.39, 0.29) is 17.4 Å². The summed E-state index contributed by atoms with van der Waals surface area (Å²) in [6.07, 6.45) is 0. The fourth-order valence-corrected chi connectivity index (χ4v) is 2.29. The lowest BCUT2D eigenvalue weighted by molar-refractivity contribution is 0.0600. The Morgan fingerprint density at radius 2 is 2.06 bits per heavy atom. The monoisotopic (exact) mass is 219 g/mol. The van der Waals surface area contributed by atoms with Gasteiger partial charge in [0.1, 0.15) is 0 Å². The van der Waals surface area contributed by atoms with Gasteiger partial charge in [-0.05, 0) is 23.1 Å². The average molecular weight is 219 g/mol. The molecule has 0 spiro atoms. The zero-order valence-corrected chi connectivity index (χ0v) is 9.86. The fraction of sp³-hybridized carbons (Fsp3) is 0.462. The predicted molar refractivity (Wildman–Crippen MR) is 62.3 cm³/mol. The summed E-state index contributed by atoms with van der Waals surface area (Å²) in [5.74, 6) is 0.0472. The van der Waals surface area contributed by atoms with Crippen LogP contribution in [0.2, 0.25) is 0 Å². The topological polar surface area (TPSA) is 52.3 Å². The van der Waals surface area contributed by atoms with Crippen molar-refractivity contribution in [2.24, 2.45) is 11.1 Å².